The molecule has 6 heteroatoms. The summed E-state index contributed by atoms with van der Waals surface area (Å²) in [6.45, 7) is 3.92. The van der Waals surface area contributed by atoms with Gasteiger partial charge in [0.1, 0.15) is 5.54 Å². The first-order valence-corrected chi connectivity index (χ1v) is 9.00. The van der Waals surface area contributed by atoms with Crippen LogP contribution in [-0.4, -0.2) is 34.7 Å². The molecule has 3 amide bonds. The molecule has 1 spiro atoms. The molecule has 0 unspecified atom stereocenters. The number of thiophene rings is 1. The molecule has 1 saturated heterocycles. The standard InChI is InChI=1S/C17H22N2O3S/c1-3-12-6-8-17(9-7-12)15(21)19(16(22)18-17)10-13(20)14-5-4-11(2)23-14/h4-5,12H,3,6-10H2,1-2H3,(H,18,22). The molecule has 1 aromatic heterocycles. The largest absolute Gasteiger partial charge is 0.325 e. The second kappa shape index (κ2) is 6.07. The van der Waals surface area contributed by atoms with Crippen molar-refractivity contribution in [3.05, 3.63) is 21.9 Å². The van der Waals surface area contributed by atoms with Crippen LogP contribution in [-0.2, 0) is 4.79 Å². The molecule has 0 aromatic carbocycles. The van der Waals surface area contributed by atoms with E-state index in [0.29, 0.717) is 23.6 Å². The van der Waals surface area contributed by atoms with Crippen molar-refractivity contribution in [1.82, 2.24) is 10.2 Å². The fourth-order valence-corrected chi connectivity index (χ4v) is 4.34. The Morgan fingerprint density at radius 1 is 1.35 bits per heavy atom. The average molecular weight is 334 g/mol. The van der Waals surface area contributed by atoms with E-state index in [9.17, 15) is 14.4 Å². The van der Waals surface area contributed by atoms with Crippen LogP contribution in [0.2, 0.25) is 0 Å². The zero-order valence-corrected chi connectivity index (χ0v) is 14.4. The number of rotatable bonds is 4. The van der Waals surface area contributed by atoms with E-state index in [4.69, 9.17) is 0 Å². The molecular formula is C17H22N2O3S. The summed E-state index contributed by atoms with van der Waals surface area (Å²) >= 11 is 1.39. The molecule has 2 aliphatic rings. The van der Waals surface area contributed by atoms with Crippen molar-refractivity contribution in [3.8, 4) is 0 Å². The number of aryl methyl sites for hydroxylation is 1. The number of amides is 3. The molecule has 1 N–H and O–H groups in total. The number of Topliss-reactive ketones (excluding diaryl/α,β-unsaturated/α-hetero) is 1. The van der Waals surface area contributed by atoms with Gasteiger partial charge in [0.05, 0.1) is 11.4 Å². The van der Waals surface area contributed by atoms with Crippen LogP contribution in [0.15, 0.2) is 12.1 Å². The van der Waals surface area contributed by atoms with Crippen molar-refractivity contribution in [1.29, 1.82) is 0 Å². The molecule has 1 aromatic rings. The molecule has 2 fully saturated rings. The fraction of sp³-hybridized carbons (Fsp3) is 0.588. The van der Waals surface area contributed by atoms with Gasteiger partial charge in [-0.15, -0.1) is 11.3 Å². The molecule has 0 atom stereocenters. The SMILES string of the molecule is CCC1CCC2(CC1)NC(=O)N(CC(=O)c1ccc(C)s1)C2=O. The van der Waals surface area contributed by atoms with Gasteiger partial charge in [0.25, 0.3) is 5.91 Å². The van der Waals surface area contributed by atoms with Crippen LogP contribution in [0.5, 0.6) is 0 Å². The van der Waals surface area contributed by atoms with Gasteiger partial charge >= 0.3 is 6.03 Å². The maximum absolute atomic E-state index is 12.8. The van der Waals surface area contributed by atoms with E-state index in [1.54, 1.807) is 6.07 Å². The van der Waals surface area contributed by atoms with E-state index in [1.165, 1.54) is 11.3 Å². The first-order valence-electron chi connectivity index (χ1n) is 8.19. The smallest absolute Gasteiger partial charge is 0.323 e. The van der Waals surface area contributed by atoms with Crippen molar-refractivity contribution < 1.29 is 14.4 Å². The minimum absolute atomic E-state index is 0.163. The lowest BCUT2D eigenvalue weighted by Crippen LogP contribution is -2.49. The number of imide groups is 1. The van der Waals surface area contributed by atoms with E-state index in [-0.39, 0.29) is 18.2 Å². The highest BCUT2D eigenvalue weighted by molar-refractivity contribution is 7.14. The van der Waals surface area contributed by atoms with Gasteiger partial charge in [-0.25, -0.2) is 4.79 Å². The number of nitrogens with one attached hydrogen (secondary N) is 1. The molecule has 23 heavy (non-hydrogen) atoms. The van der Waals surface area contributed by atoms with Crippen LogP contribution in [0.1, 0.15) is 53.6 Å². The second-order valence-electron chi connectivity index (χ2n) is 6.59. The molecule has 5 nitrogen and oxygen atoms in total. The quantitative estimate of drug-likeness (QED) is 0.679. The summed E-state index contributed by atoms with van der Waals surface area (Å²) in [6, 6.07) is 3.20. The molecule has 1 aliphatic heterocycles. The summed E-state index contributed by atoms with van der Waals surface area (Å²) in [5.74, 6) is 0.236. The Balaban J connectivity index is 1.71. The zero-order valence-electron chi connectivity index (χ0n) is 13.6. The van der Waals surface area contributed by atoms with Crippen molar-refractivity contribution in [2.75, 3.05) is 6.54 Å². The Bertz CT molecular complexity index is 644. The topological polar surface area (TPSA) is 66.5 Å². The molecular weight excluding hydrogens is 312 g/mol. The Labute approximate surface area is 140 Å². The van der Waals surface area contributed by atoms with Gasteiger partial charge in [0.15, 0.2) is 5.78 Å². The normalized spacial score (nSPS) is 27.6. The van der Waals surface area contributed by atoms with Crippen LogP contribution in [0.25, 0.3) is 0 Å². The Morgan fingerprint density at radius 2 is 2.04 bits per heavy atom. The van der Waals surface area contributed by atoms with Crippen LogP contribution in [0.3, 0.4) is 0 Å². The lowest BCUT2D eigenvalue weighted by molar-refractivity contribution is -0.132. The van der Waals surface area contributed by atoms with Gasteiger partial charge < -0.3 is 5.32 Å². The van der Waals surface area contributed by atoms with Gasteiger partial charge in [0, 0.05) is 4.88 Å². The first-order chi connectivity index (χ1) is 10.9. The highest BCUT2D eigenvalue weighted by atomic mass is 32.1. The maximum atomic E-state index is 12.8. The minimum Gasteiger partial charge on any atom is -0.323 e. The molecule has 2 heterocycles. The summed E-state index contributed by atoms with van der Waals surface area (Å²) in [5.41, 5.74) is -0.769. The number of hydrogen-bond acceptors (Lipinski definition) is 4. The van der Waals surface area contributed by atoms with Gasteiger partial charge in [-0.3, -0.25) is 14.5 Å². The summed E-state index contributed by atoms with van der Waals surface area (Å²) in [6.07, 6.45) is 4.37. The molecule has 124 valence electrons. The lowest BCUT2D eigenvalue weighted by atomic mass is 9.75. The Hall–Kier alpha value is -1.69. The third-order valence-corrected chi connectivity index (χ3v) is 6.14. The molecule has 1 aliphatic carbocycles. The van der Waals surface area contributed by atoms with Crippen molar-refractivity contribution in [2.24, 2.45) is 5.92 Å². The number of nitrogens with zero attached hydrogens (tertiary/aromatic N) is 1. The Kier molecular flexibility index (Phi) is 4.27. The summed E-state index contributed by atoms with van der Waals surface area (Å²) in [5, 5.41) is 2.86. The minimum atomic E-state index is -0.769. The first kappa shape index (κ1) is 16.2. The molecule has 3 rings (SSSR count). The number of urea groups is 1. The fourth-order valence-electron chi connectivity index (χ4n) is 3.54. The molecule has 1 saturated carbocycles. The number of carbonyl (C=O) groups is 3. The lowest BCUT2D eigenvalue weighted by Gasteiger charge is -2.34. The zero-order chi connectivity index (χ0) is 16.6. The predicted molar refractivity (Wildman–Crippen MR) is 88.6 cm³/mol. The van der Waals surface area contributed by atoms with Crippen molar-refractivity contribution in [3.63, 3.8) is 0 Å². The van der Waals surface area contributed by atoms with Crippen molar-refractivity contribution >= 4 is 29.1 Å². The van der Waals surface area contributed by atoms with E-state index < -0.39 is 11.6 Å². The van der Waals surface area contributed by atoms with Crippen LogP contribution < -0.4 is 5.32 Å². The third-order valence-electron chi connectivity index (χ3n) is 5.10. The number of carbonyl (C=O) groups excluding carboxylic acids is 3. The van der Waals surface area contributed by atoms with Gasteiger partial charge in [-0.05, 0) is 50.7 Å². The number of ketones is 1. The summed E-state index contributed by atoms with van der Waals surface area (Å²) in [4.78, 5) is 40.0. The average Bonchev–Trinajstić information content (AvgIpc) is 3.06. The maximum Gasteiger partial charge on any atom is 0.325 e. The molecule has 0 radical (unpaired) electrons. The number of hydrogen-bond donors (Lipinski definition) is 1. The monoisotopic (exact) mass is 334 g/mol. The van der Waals surface area contributed by atoms with E-state index >= 15 is 0 Å². The van der Waals surface area contributed by atoms with Crippen LogP contribution in [0.4, 0.5) is 4.79 Å². The van der Waals surface area contributed by atoms with Gasteiger partial charge in [-0.1, -0.05) is 13.3 Å². The third kappa shape index (κ3) is 2.92. The van der Waals surface area contributed by atoms with E-state index in [0.717, 1.165) is 29.0 Å². The highest BCUT2D eigenvalue weighted by Crippen LogP contribution is 2.37. The molecule has 0 bridgehead atoms. The predicted octanol–water partition coefficient (Wildman–Crippen LogP) is 3.13. The highest BCUT2D eigenvalue weighted by Gasteiger charge is 2.52. The summed E-state index contributed by atoms with van der Waals surface area (Å²) < 4.78 is 0. The summed E-state index contributed by atoms with van der Waals surface area (Å²) in [7, 11) is 0. The van der Waals surface area contributed by atoms with Gasteiger partial charge in [-0.2, -0.15) is 0 Å². The van der Waals surface area contributed by atoms with Crippen LogP contribution in [0, 0.1) is 12.8 Å². The van der Waals surface area contributed by atoms with E-state index in [2.05, 4.69) is 12.2 Å². The van der Waals surface area contributed by atoms with Crippen LogP contribution >= 0.6 is 11.3 Å². The Morgan fingerprint density at radius 3 is 2.61 bits per heavy atom. The van der Waals surface area contributed by atoms with Crippen molar-refractivity contribution in [2.45, 2.75) is 51.5 Å². The van der Waals surface area contributed by atoms with Gasteiger partial charge in [0.2, 0.25) is 0 Å². The van der Waals surface area contributed by atoms with E-state index in [1.807, 2.05) is 13.0 Å². The second-order valence-corrected chi connectivity index (χ2v) is 7.88.